The van der Waals surface area contributed by atoms with Crippen LogP contribution in [0.5, 0.6) is 0 Å². The second-order valence-electron chi connectivity index (χ2n) is 5.15. The standard InChI is InChI=1S/C18H21NO2/c1-2-5-16-6-3-4-7-17(16)19-13-15-10-8-14(9-11-15)12-18(20)21/h3-4,6-11,19H,2,5,12-13H2,1H3,(H,20,21). The Morgan fingerprint density at radius 2 is 1.71 bits per heavy atom. The minimum atomic E-state index is -0.797. The van der Waals surface area contributed by atoms with Gasteiger partial charge in [0.05, 0.1) is 6.42 Å². The fourth-order valence-corrected chi connectivity index (χ4v) is 2.33. The highest BCUT2D eigenvalue weighted by Gasteiger charge is 2.02. The van der Waals surface area contributed by atoms with E-state index in [9.17, 15) is 4.79 Å². The molecule has 0 unspecified atom stereocenters. The first-order valence-electron chi connectivity index (χ1n) is 7.30. The molecule has 2 aromatic rings. The van der Waals surface area contributed by atoms with Crippen molar-refractivity contribution in [1.82, 2.24) is 0 Å². The fraction of sp³-hybridized carbons (Fsp3) is 0.278. The lowest BCUT2D eigenvalue weighted by atomic mass is 10.1. The molecule has 0 heterocycles. The Kier molecular flexibility index (Phi) is 5.38. The molecule has 3 nitrogen and oxygen atoms in total. The molecule has 0 atom stereocenters. The summed E-state index contributed by atoms with van der Waals surface area (Å²) in [6, 6.07) is 16.1. The summed E-state index contributed by atoms with van der Waals surface area (Å²) in [5.74, 6) is -0.797. The zero-order valence-corrected chi connectivity index (χ0v) is 12.3. The van der Waals surface area contributed by atoms with Gasteiger partial charge < -0.3 is 10.4 Å². The SMILES string of the molecule is CCCc1ccccc1NCc1ccc(CC(=O)O)cc1. The van der Waals surface area contributed by atoms with E-state index in [4.69, 9.17) is 5.11 Å². The van der Waals surface area contributed by atoms with Crippen molar-refractivity contribution in [3.05, 3.63) is 65.2 Å². The number of para-hydroxylation sites is 1. The van der Waals surface area contributed by atoms with Crippen molar-refractivity contribution in [2.24, 2.45) is 0 Å². The Morgan fingerprint density at radius 1 is 1.05 bits per heavy atom. The number of nitrogens with one attached hydrogen (secondary N) is 1. The minimum absolute atomic E-state index is 0.0764. The summed E-state index contributed by atoms with van der Waals surface area (Å²) < 4.78 is 0. The third-order valence-electron chi connectivity index (χ3n) is 3.40. The molecule has 3 heteroatoms. The molecular formula is C18H21NO2. The molecule has 2 aromatic carbocycles. The maximum Gasteiger partial charge on any atom is 0.307 e. The average Bonchev–Trinajstić information content (AvgIpc) is 2.48. The van der Waals surface area contributed by atoms with E-state index in [1.807, 2.05) is 30.3 Å². The van der Waals surface area contributed by atoms with Gasteiger partial charge in [0.15, 0.2) is 0 Å². The summed E-state index contributed by atoms with van der Waals surface area (Å²) in [6.07, 6.45) is 2.27. The normalized spacial score (nSPS) is 10.3. The van der Waals surface area contributed by atoms with Gasteiger partial charge in [-0.25, -0.2) is 0 Å². The molecule has 0 aliphatic carbocycles. The average molecular weight is 283 g/mol. The summed E-state index contributed by atoms with van der Waals surface area (Å²) in [6.45, 7) is 2.92. The predicted octanol–water partition coefficient (Wildman–Crippen LogP) is 3.88. The molecular weight excluding hydrogens is 262 g/mol. The van der Waals surface area contributed by atoms with Crippen LogP contribution in [0.2, 0.25) is 0 Å². The summed E-state index contributed by atoms with van der Waals surface area (Å²) >= 11 is 0. The summed E-state index contributed by atoms with van der Waals surface area (Å²) in [5.41, 5.74) is 4.49. The van der Waals surface area contributed by atoms with Crippen LogP contribution in [0, 0.1) is 0 Å². The van der Waals surface area contributed by atoms with Crippen molar-refractivity contribution in [2.45, 2.75) is 32.7 Å². The van der Waals surface area contributed by atoms with Gasteiger partial charge in [-0.3, -0.25) is 4.79 Å². The van der Waals surface area contributed by atoms with Crippen LogP contribution >= 0.6 is 0 Å². The van der Waals surface area contributed by atoms with Crippen molar-refractivity contribution in [3.8, 4) is 0 Å². The lowest BCUT2D eigenvalue weighted by Crippen LogP contribution is -2.03. The van der Waals surface area contributed by atoms with E-state index < -0.39 is 5.97 Å². The quantitative estimate of drug-likeness (QED) is 0.810. The minimum Gasteiger partial charge on any atom is -0.481 e. The van der Waals surface area contributed by atoms with E-state index in [1.165, 1.54) is 11.3 Å². The van der Waals surface area contributed by atoms with Gasteiger partial charge in [0, 0.05) is 12.2 Å². The Labute approximate surface area is 125 Å². The van der Waals surface area contributed by atoms with Crippen molar-refractivity contribution >= 4 is 11.7 Å². The van der Waals surface area contributed by atoms with Gasteiger partial charge in [-0.05, 0) is 29.2 Å². The van der Waals surface area contributed by atoms with Crippen molar-refractivity contribution < 1.29 is 9.90 Å². The molecule has 0 aromatic heterocycles. The lowest BCUT2D eigenvalue weighted by molar-refractivity contribution is -0.136. The first kappa shape index (κ1) is 15.1. The second-order valence-corrected chi connectivity index (χ2v) is 5.15. The van der Waals surface area contributed by atoms with Gasteiger partial charge >= 0.3 is 5.97 Å². The molecule has 0 bridgehead atoms. The summed E-state index contributed by atoms with van der Waals surface area (Å²) in [5, 5.41) is 12.2. The van der Waals surface area contributed by atoms with E-state index in [1.54, 1.807) is 0 Å². The third-order valence-corrected chi connectivity index (χ3v) is 3.40. The van der Waals surface area contributed by atoms with Crippen LogP contribution in [0.4, 0.5) is 5.69 Å². The van der Waals surface area contributed by atoms with Crippen LogP contribution in [0.3, 0.4) is 0 Å². The van der Waals surface area contributed by atoms with Crippen LogP contribution in [0.25, 0.3) is 0 Å². The van der Waals surface area contributed by atoms with Gasteiger partial charge in [0.1, 0.15) is 0 Å². The van der Waals surface area contributed by atoms with E-state index in [0.29, 0.717) is 0 Å². The second kappa shape index (κ2) is 7.48. The highest BCUT2D eigenvalue weighted by molar-refractivity contribution is 5.70. The molecule has 0 saturated heterocycles. The number of carboxylic acid groups (broad SMARTS) is 1. The predicted molar refractivity (Wildman–Crippen MR) is 85.5 cm³/mol. The summed E-state index contributed by atoms with van der Waals surface area (Å²) in [7, 11) is 0. The van der Waals surface area contributed by atoms with Gasteiger partial charge in [0.2, 0.25) is 0 Å². The zero-order chi connectivity index (χ0) is 15.1. The molecule has 0 aliphatic heterocycles. The number of hydrogen-bond donors (Lipinski definition) is 2. The monoisotopic (exact) mass is 283 g/mol. The highest BCUT2D eigenvalue weighted by atomic mass is 16.4. The number of benzene rings is 2. The summed E-state index contributed by atoms with van der Waals surface area (Å²) in [4.78, 5) is 10.7. The maximum absolute atomic E-state index is 10.7. The van der Waals surface area contributed by atoms with Gasteiger partial charge in [-0.1, -0.05) is 55.8 Å². The van der Waals surface area contributed by atoms with Crippen molar-refractivity contribution in [3.63, 3.8) is 0 Å². The first-order chi connectivity index (χ1) is 10.2. The van der Waals surface area contributed by atoms with E-state index in [-0.39, 0.29) is 6.42 Å². The van der Waals surface area contributed by atoms with Crippen molar-refractivity contribution in [2.75, 3.05) is 5.32 Å². The smallest absolute Gasteiger partial charge is 0.307 e. The fourth-order valence-electron chi connectivity index (χ4n) is 2.33. The van der Waals surface area contributed by atoms with Gasteiger partial charge in [0.25, 0.3) is 0 Å². The molecule has 2 N–H and O–H groups in total. The lowest BCUT2D eigenvalue weighted by Gasteiger charge is -2.11. The number of carbonyl (C=O) groups is 1. The zero-order valence-electron chi connectivity index (χ0n) is 12.3. The molecule has 0 radical (unpaired) electrons. The Hall–Kier alpha value is -2.29. The van der Waals surface area contributed by atoms with Gasteiger partial charge in [-0.15, -0.1) is 0 Å². The number of anilines is 1. The van der Waals surface area contributed by atoms with Crippen LogP contribution in [-0.4, -0.2) is 11.1 Å². The van der Waals surface area contributed by atoms with Crippen LogP contribution < -0.4 is 5.32 Å². The van der Waals surface area contributed by atoms with E-state index >= 15 is 0 Å². The largest absolute Gasteiger partial charge is 0.481 e. The third kappa shape index (κ3) is 4.63. The Bertz CT molecular complexity index is 590. The van der Waals surface area contributed by atoms with E-state index in [2.05, 4.69) is 30.4 Å². The number of aryl methyl sites for hydroxylation is 1. The van der Waals surface area contributed by atoms with E-state index in [0.717, 1.165) is 30.5 Å². The molecule has 21 heavy (non-hydrogen) atoms. The Morgan fingerprint density at radius 3 is 2.38 bits per heavy atom. The molecule has 0 fully saturated rings. The molecule has 2 rings (SSSR count). The topological polar surface area (TPSA) is 49.3 Å². The number of aliphatic carboxylic acids is 1. The van der Waals surface area contributed by atoms with Crippen molar-refractivity contribution in [1.29, 1.82) is 0 Å². The number of hydrogen-bond acceptors (Lipinski definition) is 2. The van der Waals surface area contributed by atoms with Crippen LogP contribution in [0.15, 0.2) is 48.5 Å². The molecule has 0 saturated carbocycles. The highest BCUT2D eigenvalue weighted by Crippen LogP contribution is 2.18. The number of rotatable bonds is 7. The Balaban J connectivity index is 1.98. The molecule has 0 amide bonds. The molecule has 0 aliphatic rings. The molecule has 110 valence electrons. The first-order valence-corrected chi connectivity index (χ1v) is 7.30. The maximum atomic E-state index is 10.7. The molecule has 0 spiro atoms. The van der Waals surface area contributed by atoms with Crippen LogP contribution in [-0.2, 0) is 24.2 Å². The van der Waals surface area contributed by atoms with Gasteiger partial charge in [-0.2, -0.15) is 0 Å². The van der Waals surface area contributed by atoms with Crippen LogP contribution in [0.1, 0.15) is 30.0 Å². The number of carboxylic acids is 1.